The minimum absolute atomic E-state index is 0.0706. The number of hydrogen-bond acceptors (Lipinski definition) is 6. The highest BCUT2D eigenvalue weighted by Gasteiger charge is 2.13. The number of nitrogens with one attached hydrogen (secondary N) is 3. The summed E-state index contributed by atoms with van der Waals surface area (Å²) in [5.74, 6) is -0.776. The van der Waals surface area contributed by atoms with Crippen LogP contribution in [0.3, 0.4) is 0 Å². The van der Waals surface area contributed by atoms with Crippen LogP contribution in [-0.4, -0.2) is 35.8 Å². The number of H-pyrrole nitrogens is 1. The van der Waals surface area contributed by atoms with Gasteiger partial charge in [-0.15, -0.1) is 5.10 Å². The standard InChI is InChI=1S/C10H11ClN6O3S/c1-21(19,20)17-5-2-3-6(11)7(4-5)13-9(18)8-14-10(12)16-15-8/h2-4,17H,1H3,(H,13,18)(H3,12,14,15,16). The second kappa shape index (κ2) is 5.58. The Kier molecular flexibility index (Phi) is 4.00. The van der Waals surface area contributed by atoms with E-state index < -0.39 is 15.9 Å². The highest BCUT2D eigenvalue weighted by Crippen LogP contribution is 2.26. The van der Waals surface area contributed by atoms with Gasteiger partial charge in [-0.2, -0.15) is 4.98 Å². The molecule has 0 unspecified atom stereocenters. The van der Waals surface area contributed by atoms with Gasteiger partial charge < -0.3 is 11.1 Å². The summed E-state index contributed by atoms with van der Waals surface area (Å²) in [5.41, 5.74) is 5.77. The molecule has 0 atom stereocenters. The molecule has 0 saturated carbocycles. The molecule has 0 aliphatic carbocycles. The quantitative estimate of drug-likeness (QED) is 0.648. The van der Waals surface area contributed by atoms with Crippen molar-refractivity contribution in [3.8, 4) is 0 Å². The Labute approximate surface area is 125 Å². The van der Waals surface area contributed by atoms with Crippen molar-refractivity contribution >= 4 is 44.9 Å². The van der Waals surface area contributed by atoms with Gasteiger partial charge in [-0.05, 0) is 18.2 Å². The lowest BCUT2D eigenvalue weighted by Crippen LogP contribution is -2.15. The van der Waals surface area contributed by atoms with E-state index in [4.69, 9.17) is 17.3 Å². The van der Waals surface area contributed by atoms with Crippen molar-refractivity contribution in [3.05, 3.63) is 29.0 Å². The summed E-state index contributed by atoms with van der Waals surface area (Å²) in [7, 11) is -3.43. The topological polar surface area (TPSA) is 143 Å². The van der Waals surface area contributed by atoms with Crippen LogP contribution in [0.15, 0.2) is 18.2 Å². The number of amides is 1. The van der Waals surface area contributed by atoms with Gasteiger partial charge in [0.05, 0.1) is 22.7 Å². The third-order valence-corrected chi connectivity index (χ3v) is 3.17. The fourth-order valence-corrected chi connectivity index (χ4v) is 2.18. The smallest absolute Gasteiger partial charge is 0.293 e. The molecule has 1 heterocycles. The van der Waals surface area contributed by atoms with Gasteiger partial charge in [0.25, 0.3) is 5.91 Å². The van der Waals surface area contributed by atoms with Crippen LogP contribution in [0.5, 0.6) is 0 Å². The number of nitrogens with zero attached hydrogens (tertiary/aromatic N) is 2. The molecule has 112 valence electrons. The predicted molar refractivity (Wildman–Crippen MR) is 78.7 cm³/mol. The molecule has 11 heteroatoms. The van der Waals surface area contributed by atoms with E-state index in [1.165, 1.54) is 18.2 Å². The Morgan fingerprint density at radius 1 is 1.43 bits per heavy atom. The highest BCUT2D eigenvalue weighted by atomic mass is 35.5. The molecular weight excluding hydrogens is 320 g/mol. The Balaban J connectivity index is 2.23. The molecule has 5 N–H and O–H groups in total. The number of rotatable bonds is 4. The lowest BCUT2D eigenvalue weighted by molar-refractivity contribution is 0.101. The Morgan fingerprint density at radius 2 is 2.14 bits per heavy atom. The monoisotopic (exact) mass is 330 g/mol. The van der Waals surface area contributed by atoms with Gasteiger partial charge in [0, 0.05) is 0 Å². The lowest BCUT2D eigenvalue weighted by Gasteiger charge is -2.09. The molecule has 2 rings (SSSR count). The molecule has 9 nitrogen and oxygen atoms in total. The zero-order valence-corrected chi connectivity index (χ0v) is 12.3. The molecule has 0 bridgehead atoms. The van der Waals surface area contributed by atoms with Gasteiger partial charge >= 0.3 is 0 Å². The molecule has 0 saturated heterocycles. The number of benzene rings is 1. The van der Waals surface area contributed by atoms with Gasteiger partial charge in [0.2, 0.25) is 21.8 Å². The number of halogens is 1. The fourth-order valence-electron chi connectivity index (χ4n) is 1.46. The van der Waals surface area contributed by atoms with Crippen LogP contribution < -0.4 is 15.8 Å². The van der Waals surface area contributed by atoms with Gasteiger partial charge in [-0.1, -0.05) is 11.6 Å². The molecule has 0 fully saturated rings. The van der Waals surface area contributed by atoms with Crippen molar-refractivity contribution in [2.75, 3.05) is 22.0 Å². The third kappa shape index (κ3) is 4.07. The molecule has 2 aromatic rings. The summed E-state index contributed by atoms with van der Waals surface area (Å²) in [6, 6.07) is 4.28. The molecule has 1 amide bonds. The first kappa shape index (κ1) is 15.1. The number of nitrogen functional groups attached to an aromatic ring is 1. The molecule has 21 heavy (non-hydrogen) atoms. The maximum atomic E-state index is 11.9. The molecule has 1 aromatic carbocycles. The number of carbonyl (C=O) groups is 1. The molecule has 0 aliphatic rings. The normalized spacial score (nSPS) is 11.1. The maximum Gasteiger partial charge on any atom is 0.293 e. The van der Waals surface area contributed by atoms with Crippen LogP contribution in [0, 0.1) is 0 Å². The minimum Gasteiger partial charge on any atom is -0.366 e. The highest BCUT2D eigenvalue weighted by molar-refractivity contribution is 7.92. The zero-order valence-electron chi connectivity index (χ0n) is 10.7. The van der Waals surface area contributed by atoms with Crippen molar-refractivity contribution in [3.63, 3.8) is 0 Å². The Morgan fingerprint density at radius 3 is 2.71 bits per heavy atom. The van der Waals surface area contributed by atoms with Gasteiger partial charge in [0.15, 0.2) is 0 Å². The van der Waals surface area contributed by atoms with Crippen molar-refractivity contribution in [2.45, 2.75) is 0 Å². The first-order valence-electron chi connectivity index (χ1n) is 5.51. The van der Waals surface area contributed by atoms with Crippen LogP contribution in [0.1, 0.15) is 10.6 Å². The number of sulfonamides is 1. The second-order valence-electron chi connectivity index (χ2n) is 4.07. The number of carbonyl (C=O) groups excluding carboxylic acids is 1. The molecular formula is C10H11ClN6O3S. The van der Waals surface area contributed by atoms with Crippen LogP contribution in [0.4, 0.5) is 17.3 Å². The largest absolute Gasteiger partial charge is 0.366 e. The molecule has 0 aliphatic heterocycles. The van der Waals surface area contributed by atoms with Gasteiger partial charge in [-0.25, -0.2) is 8.42 Å². The van der Waals surface area contributed by atoms with E-state index in [1.54, 1.807) is 0 Å². The van der Waals surface area contributed by atoms with E-state index in [-0.39, 0.29) is 28.2 Å². The van der Waals surface area contributed by atoms with Crippen molar-refractivity contribution in [1.82, 2.24) is 15.2 Å². The second-order valence-corrected chi connectivity index (χ2v) is 6.22. The summed E-state index contributed by atoms with van der Waals surface area (Å²) in [5, 5.41) is 8.57. The van der Waals surface area contributed by atoms with E-state index in [0.717, 1.165) is 6.26 Å². The summed E-state index contributed by atoms with van der Waals surface area (Å²) < 4.78 is 24.6. The average molecular weight is 331 g/mol. The van der Waals surface area contributed by atoms with Crippen LogP contribution >= 0.6 is 11.6 Å². The summed E-state index contributed by atoms with van der Waals surface area (Å²) in [6.45, 7) is 0. The number of hydrogen-bond donors (Lipinski definition) is 4. The van der Waals surface area contributed by atoms with Crippen molar-refractivity contribution < 1.29 is 13.2 Å². The van der Waals surface area contributed by atoms with Crippen molar-refractivity contribution in [2.24, 2.45) is 0 Å². The predicted octanol–water partition coefficient (Wildman–Crippen LogP) is 0.664. The third-order valence-electron chi connectivity index (χ3n) is 2.24. The molecule has 0 spiro atoms. The van der Waals surface area contributed by atoms with Crippen molar-refractivity contribution in [1.29, 1.82) is 0 Å². The number of aromatic amines is 1. The Bertz CT molecular complexity index is 788. The van der Waals surface area contributed by atoms with E-state index in [1.807, 2.05) is 0 Å². The number of aromatic nitrogens is 3. The van der Waals surface area contributed by atoms with Crippen LogP contribution in [0.25, 0.3) is 0 Å². The van der Waals surface area contributed by atoms with E-state index >= 15 is 0 Å². The van der Waals surface area contributed by atoms with E-state index in [9.17, 15) is 13.2 Å². The first-order valence-corrected chi connectivity index (χ1v) is 7.78. The number of anilines is 3. The summed E-state index contributed by atoms with van der Waals surface area (Å²) in [4.78, 5) is 15.5. The van der Waals surface area contributed by atoms with Crippen LogP contribution in [-0.2, 0) is 10.0 Å². The van der Waals surface area contributed by atoms with Gasteiger partial charge in [0.1, 0.15) is 0 Å². The summed E-state index contributed by atoms with van der Waals surface area (Å²) >= 11 is 5.94. The van der Waals surface area contributed by atoms with E-state index in [2.05, 4.69) is 25.2 Å². The molecule has 1 aromatic heterocycles. The fraction of sp³-hybridized carbons (Fsp3) is 0.100. The number of nitrogens with two attached hydrogens (primary N) is 1. The van der Waals surface area contributed by atoms with E-state index in [0.29, 0.717) is 0 Å². The average Bonchev–Trinajstić information content (AvgIpc) is 2.78. The maximum absolute atomic E-state index is 11.9. The lowest BCUT2D eigenvalue weighted by atomic mass is 10.3. The van der Waals surface area contributed by atoms with Gasteiger partial charge in [-0.3, -0.25) is 14.6 Å². The first-order chi connectivity index (χ1) is 9.74. The minimum atomic E-state index is -3.43. The SMILES string of the molecule is CS(=O)(=O)Nc1ccc(Cl)c(NC(=O)c2nc(N)n[nH]2)c1. The van der Waals surface area contributed by atoms with Crippen LogP contribution in [0.2, 0.25) is 5.02 Å². The Hall–Kier alpha value is -2.33. The molecule has 0 radical (unpaired) electrons. The zero-order chi connectivity index (χ0) is 15.6. The summed E-state index contributed by atoms with van der Waals surface area (Å²) in [6.07, 6.45) is 1.01.